The van der Waals surface area contributed by atoms with Crippen molar-refractivity contribution in [1.29, 1.82) is 0 Å². The van der Waals surface area contributed by atoms with Crippen LogP contribution in [0.2, 0.25) is 0 Å². The molecule has 1 aliphatic heterocycles. The van der Waals surface area contributed by atoms with Gasteiger partial charge in [-0.05, 0) is 68.4 Å². The summed E-state index contributed by atoms with van der Waals surface area (Å²) in [7, 11) is -3.74. The zero-order chi connectivity index (χ0) is 24.6. The van der Waals surface area contributed by atoms with Crippen LogP contribution in [0.25, 0.3) is 22.4 Å². The van der Waals surface area contributed by atoms with Crippen LogP contribution in [0.4, 0.5) is 5.69 Å². The first-order valence-electron chi connectivity index (χ1n) is 11.4. The van der Waals surface area contributed by atoms with Crippen molar-refractivity contribution in [2.75, 3.05) is 18.4 Å². The zero-order valence-electron chi connectivity index (χ0n) is 19.4. The lowest BCUT2D eigenvalue weighted by Crippen LogP contribution is -2.48. The molecule has 1 amide bonds. The minimum Gasteiger partial charge on any atom is -0.373 e. The van der Waals surface area contributed by atoms with Gasteiger partial charge in [0.2, 0.25) is 10.0 Å². The van der Waals surface area contributed by atoms with Crippen molar-refractivity contribution >= 4 is 32.7 Å². The van der Waals surface area contributed by atoms with E-state index >= 15 is 0 Å². The van der Waals surface area contributed by atoms with Gasteiger partial charge < -0.3 is 15.0 Å². The number of carbonyl (C=O) groups is 1. The van der Waals surface area contributed by atoms with Crippen molar-refractivity contribution in [3.8, 4) is 11.4 Å². The number of amides is 1. The van der Waals surface area contributed by atoms with Gasteiger partial charge in [0.15, 0.2) is 0 Å². The van der Waals surface area contributed by atoms with Crippen molar-refractivity contribution in [2.24, 2.45) is 0 Å². The Hall–Kier alpha value is -3.53. The number of aromatic nitrogens is 2. The minimum absolute atomic E-state index is 0.0895. The number of benzene rings is 3. The van der Waals surface area contributed by atoms with E-state index in [0.717, 1.165) is 22.4 Å². The first-order valence-corrected chi connectivity index (χ1v) is 12.9. The smallest absolute Gasteiger partial charge is 0.255 e. The highest BCUT2D eigenvalue weighted by Gasteiger charge is 2.32. The maximum atomic E-state index is 13.2. The molecule has 2 atom stereocenters. The second-order valence-corrected chi connectivity index (χ2v) is 10.7. The lowest BCUT2D eigenvalue weighted by Gasteiger charge is -2.34. The fourth-order valence-corrected chi connectivity index (χ4v) is 5.91. The predicted molar refractivity (Wildman–Crippen MR) is 135 cm³/mol. The van der Waals surface area contributed by atoms with Gasteiger partial charge in [-0.2, -0.15) is 4.31 Å². The molecular formula is C26H26N4O4S. The molecule has 2 heterocycles. The van der Waals surface area contributed by atoms with Gasteiger partial charge >= 0.3 is 0 Å². The molecule has 0 bridgehead atoms. The van der Waals surface area contributed by atoms with Crippen molar-refractivity contribution in [3.05, 3.63) is 78.4 Å². The number of nitrogens with zero attached hydrogens (tertiary/aromatic N) is 2. The molecule has 180 valence electrons. The highest BCUT2D eigenvalue weighted by molar-refractivity contribution is 7.89. The Bertz CT molecular complexity index is 1440. The van der Waals surface area contributed by atoms with Crippen molar-refractivity contribution in [2.45, 2.75) is 31.0 Å². The van der Waals surface area contributed by atoms with E-state index in [1.54, 1.807) is 24.3 Å². The van der Waals surface area contributed by atoms with Crippen LogP contribution in [0.5, 0.6) is 0 Å². The lowest BCUT2D eigenvalue weighted by atomic mass is 10.1. The first kappa shape index (κ1) is 23.2. The second-order valence-electron chi connectivity index (χ2n) is 8.74. The molecule has 1 aliphatic rings. The predicted octanol–water partition coefficient (Wildman–Crippen LogP) is 4.28. The van der Waals surface area contributed by atoms with Crippen LogP contribution < -0.4 is 5.32 Å². The van der Waals surface area contributed by atoms with Crippen LogP contribution in [0.1, 0.15) is 24.2 Å². The SMILES string of the molecule is CC1CN(S(=O)(=O)c2cccc(C(=O)Nc3ccc(-c4nc5ccccc5[nH]4)cc3)c2)CC(C)O1. The van der Waals surface area contributed by atoms with Crippen LogP contribution in [0.15, 0.2) is 77.7 Å². The molecule has 1 aromatic heterocycles. The molecule has 9 heteroatoms. The van der Waals surface area contributed by atoms with E-state index in [9.17, 15) is 13.2 Å². The van der Waals surface area contributed by atoms with E-state index in [2.05, 4.69) is 15.3 Å². The number of hydrogen-bond acceptors (Lipinski definition) is 5. The molecule has 5 rings (SSSR count). The van der Waals surface area contributed by atoms with E-state index in [0.29, 0.717) is 5.69 Å². The molecule has 1 fully saturated rings. The summed E-state index contributed by atoms with van der Waals surface area (Å²) < 4.78 is 33.4. The zero-order valence-corrected chi connectivity index (χ0v) is 20.2. The van der Waals surface area contributed by atoms with Gasteiger partial charge in [0.1, 0.15) is 5.82 Å². The van der Waals surface area contributed by atoms with E-state index in [4.69, 9.17) is 4.74 Å². The topological polar surface area (TPSA) is 104 Å². The number of hydrogen-bond donors (Lipinski definition) is 2. The first-order chi connectivity index (χ1) is 16.8. The highest BCUT2D eigenvalue weighted by atomic mass is 32.2. The molecule has 2 unspecified atom stereocenters. The fraction of sp³-hybridized carbons (Fsp3) is 0.231. The number of morpholine rings is 1. The Morgan fingerprint density at radius 3 is 2.43 bits per heavy atom. The Kier molecular flexibility index (Phi) is 6.14. The van der Waals surface area contributed by atoms with Gasteiger partial charge in [0, 0.05) is 29.9 Å². The van der Waals surface area contributed by atoms with Crippen molar-refractivity contribution < 1.29 is 17.9 Å². The van der Waals surface area contributed by atoms with Gasteiger partial charge in [-0.3, -0.25) is 4.79 Å². The molecule has 0 spiro atoms. The number of fused-ring (bicyclic) bond motifs is 1. The van der Waals surface area contributed by atoms with Gasteiger partial charge in [-0.15, -0.1) is 0 Å². The van der Waals surface area contributed by atoms with Gasteiger partial charge in [0.05, 0.1) is 28.1 Å². The second kappa shape index (κ2) is 9.26. The van der Waals surface area contributed by atoms with E-state index in [1.165, 1.54) is 16.4 Å². The number of rotatable bonds is 5. The summed E-state index contributed by atoms with van der Waals surface area (Å²) >= 11 is 0. The number of aromatic amines is 1. The molecule has 1 saturated heterocycles. The Morgan fingerprint density at radius 2 is 1.71 bits per heavy atom. The third-order valence-corrected chi connectivity index (χ3v) is 7.75. The minimum atomic E-state index is -3.74. The largest absolute Gasteiger partial charge is 0.373 e. The number of anilines is 1. The summed E-state index contributed by atoms with van der Waals surface area (Å²) in [5, 5.41) is 2.84. The molecule has 0 radical (unpaired) electrons. The summed E-state index contributed by atoms with van der Waals surface area (Å²) in [5.74, 6) is 0.357. The summed E-state index contributed by atoms with van der Waals surface area (Å²) in [6.45, 7) is 4.25. The molecule has 8 nitrogen and oxygen atoms in total. The van der Waals surface area contributed by atoms with Gasteiger partial charge in [0.25, 0.3) is 5.91 Å². The van der Waals surface area contributed by atoms with E-state index in [1.807, 2.05) is 50.2 Å². The summed E-state index contributed by atoms with van der Waals surface area (Å²) in [6.07, 6.45) is -0.384. The third-order valence-electron chi connectivity index (χ3n) is 5.93. The summed E-state index contributed by atoms with van der Waals surface area (Å²) in [6, 6.07) is 21.2. The molecule has 4 aromatic rings. The van der Waals surface area contributed by atoms with Gasteiger partial charge in [-0.1, -0.05) is 18.2 Å². The standard InChI is InChI=1S/C26H26N4O4S/c1-17-15-30(16-18(2)34-17)35(32,33)22-7-5-6-20(14-22)26(31)27-21-12-10-19(11-13-21)25-28-23-8-3-4-9-24(23)29-25/h3-14,17-18H,15-16H2,1-2H3,(H,27,31)(H,28,29). The summed E-state index contributed by atoms with van der Waals surface area (Å²) in [5.41, 5.74) is 3.59. The fourth-order valence-electron chi connectivity index (χ4n) is 4.28. The number of imidazole rings is 1. The van der Waals surface area contributed by atoms with Gasteiger partial charge in [-0.25, -0.2) is 13.4 Å². The average Bonchev–Trinajstić information content (AvgIpc) is 3.28. The average molecular weight is 491 g/mol. The molecule has 0 saturated carbocycles. The quantitative estimate of drug-likeness (QED) is 0.435. The number of nitrogens with one attached hydrogen (secondary N) is 2. The van der Waals surface area contributed by atoms with Crippen LogP contribution in [0, 0.1) is 0 Å². The maximum Gasteiger partial charge on any atom is 0.255 e. The number of H-pyrrole nitrogens is 1. The molecule has 35 heavy (non-hydrogen) atoms. The highest BCUT2D eigenvalue weighted by Crippen LogP contribution is 2.24. The van der Waals surface area contributed by atoms with Crippen LogP contribution >= 0.6 is 0 Å². The number of carbonyl (C=O) groups excluding carboxylic acids is 1. The summed E-state index contributed by atoms with van der Waals surface area (Å²) in [4.78, 5) is 20.9. The molecule has 3 aromatic carbocycles. The Labute approximate surface area is 204 Å². The monoisotopic (exact) mass is 490 g/mol. The molecule has 0 aliphatic carbocycles. The number of ether oxygens (including phenoxy) is 1. The Morgan fingerprint density at radius 1 is 1.00 bits per heavy atom. The normalized spacial score (nSPS) is 19.0. The number of sulfonamides is 1. The maximum absolute atomic E-state index is 13.2. The van der Waals surface area contributed by atoms with E-state index in [-0.39, 0.29) is 41.7 Å². The van der Waals surface area contributed by atoms with E-state index < -0.39 is 10.0 Å². The van der Waals surface area contributed by atoms with Crippen molar-refractivity contribution in [1.82, 2.24) is 14.3 Å². The van der Waals surface area contributed by atoms with Crippen LogP contribution in [0.3, 0.4) is 0 Å². The number of para-hydroxylation sites is 2. The molecular weight excluding hydrogens is 464 g/mol. The van der Waals surface area contributed by atoms with Crippen LogP contribution in [-0.2, 0) is 14.8 Å². The Balaban J connectivity index is 1.31. The third kappa shape index (κ3) is 4.84. The molecule has 2 N–H and O–H groups in total. The van der Waals surface area contributed by atoms with Crippen LogP contribution in [-0.4, -0.2) is 53.9 Å². The van der Waals surface area contributed by atoms with Crippen molar-refractivity contribution in [3.63, 3.8) is 0 Å². The lowest BCUT2D eigenvalue weighted by molar-refractivity contribution is -0.0440.